The van der Waals surface area contributed by atoms with Crippen LogP contribution < -0.4 is 25.3 Å². The number of carbonyl (C=O) groups is 7. The Morgan fingerprint density at radius 3 is 1.34 bits per heavy atom. The fourth-order valence-electron chi connectivity index (χ4n) is 16.5. The van der Waals surface area contributed by atoms with Gasteiger partial charge in [-0.25, -0.2) is 0 Å². The lowest BCUT2D eigenvalue weighted by Gasteiger charge is -2.40. The van der Waals surface area contributed by atoms with Crippen LogP contribution >= 0.6 is 23.2 Å². The molecule has 0 aromatic heterocycles. The average Bonchev–Trinajstić information content (AvgIpc) is 1.51. The molecule has 6 heterocycles. The number of nitrogens with zero attached hydrogens (tertiary/aromatic N) is 1. The van der Waals surface area contributed by atoms with Crippen molar-refractivity contribution in [2.75, 3.05) is 147 Å². The highest BCUT2D eigenvalue weighted by molar-refractivity contribution is 7.57. The van der Waals surface area contributed by atoms with E-state index in [2.05, 4.69) is 16.9 Å². The number of phosphoric acid groups is 2. The molecule has 137 heavy (non-hydrogen) atoms. The van der Waals surface area contributed by atoms with Crippen LogP contribution in [-0.4, -0.2) is 389 Å². The molecule has 0 spiro atoms. The Balaban J connectivity index is 0.0000165. The minimum absolute atomic E-state index is 0.00971. The third kappa shape index (κ3) is 46.0. The van der Waals surface area contributed by atoms with Gasteiger partial charge in [-0.05, 0) is 97.3 Å². The van der Waals surface area contributed by atoms with E-state index in [-0.39, 0.29) is 154 Å². The molecule has 0 aromatic carbocycles. The van der Waals surface area contributed by atoms with E-state index in [4.69, 9.17) is 93.8 Å². The van der Waals surface area contributed by atoms with Crippen molar-refractivity contribution in [2.24, 2.45) is 17.8 Å². The van der Waals surface area contributed by atoms with Crippen molar-refractivity contribution in [3.8, 4) is 0 Å². The van der Waals surface area contributed by atoms with Crippen LogP contribution in [0.15, 0.2) is 0 Å². The van der Waals surface area contributed by atoms with E-state index in [0.717, 1.165) is 38.4 Å². The molecule has 6 aliphatic heterocycles. The van der Waals surface area contributed by atoms with Crippen molar-refractivity contribution in [3.63, 3.8) is 0 Å². The molecule has 3 amide bonds. The molecule has 0 aromatic rings. The third-order valence-corrected chi connectivity index (χ3v) is 27.8. The van der Waals surface area contributed by atoms with Crippen molar-refractivity contribution < 1.29 is 202 Å². The summed E-state index contributed by atoms with van der Waals surface area (Å²) in [5.41, 5.74) is -1.63. The molecule has 6 saturated heterocycles. The van der Waals surface area contributed by atoms with Crippen LogP contribution in [0.25, 0.3) is 0 Å². The zero-order valence-corrected chi connectivity index (χ0v) is 83.6. The topological polar surface area (TPSA) is 648 Å². The van der Waals surface area contributed by atoms with Crippen LogP contribution in [0.1, 0.15) is 221 Å². The Labute approximate surface area is 804 Å². The lowest BCUT2D eigenvalue weighted by atomic mass is 9.92. The predicted molar refractivity (Wildman–Crippen MR) is 483 cm³/mol. The number of unbranched alkanes of at least 4 members (excludes halogenated alkanes) is 11. The van der Waals surface area contributed by atoms with Gasteiger partial charge in [0.25, 0.3) is 15.6 Å². The maximum absolute atomic E-state index is 14.6. The summed E-state index contributed by atoms with van der Waals surface area (Å²) in [5.74, 6) is -3.82. The van der Waals surface area contributed by atoms with Crippen LogP contribution in [0.3, 0.4) is 0 Å². The van der Waals surface area contributed by atoms with Gasteiger partial charge in [-0.2, -0.15) is 0 Å². The van der Waals surface area contributed by atoms with Crippen LogP contribution in [-0.2, 0) is 131 Å². The molecule has 10 unspecified atom stereocenters. The average molecular weight is 2040 g/mol. The summed E-state index contributed by atoms with van der Waals surface area (Å²) >= 11 is 0. The Morgan fingerprint density at radius 2 is 0.854 bits per heavy atom. The van der Waals surface area contributed by atoms with E-state index in [0.29, 0.717) is 116 Å². The Hall–Kier alpha value is -3.47. The number of likely N-dealkylation sites (tertiary alicyclic amines) is 1. The number of ether oxygens (including phenoxy) is 13. The van der Waals surface area contributed by atoms with Crippen molar-refractivity contribution in [1.82, 2.24) is 15.5 Å². The zero-order valence-electron chi connectivity index (χ0n) is 80.9. The predicted octanol–water partition coefficient (Wildman–Crippen LogP) is 0.616. The van der Waals surface area contributed by atoms with Crippen molar-refractivity contribution >= 4 is 70.4 Å². The highest BCUT2D eigenvalue weighted by atomic mass is 31.2. The third-order valence-electron chi connectivity index (χ3n) is 24.7. The molecule has 800 valence electrons. The number of aliphatic hydroxyl groups is 11. The first kappa shape index (κ1) is 124. The lowest BCUT2D eigenvalue weighted by Crippen LogP contribution is -2.59. The number of amides is 3. The first-order valence-corrected chi connectivity index (χ1v) is 52.8. The molecule has 28 atom stereocenters. The van der Waals surface area contributed by atoms with Gasteiger partial charge in [0.1, 0.15) is 96.1 Å². The Morgan fingerprint density at radius 1 is 0.438 bits per heavy atom. The second-order valence-corrected chi connectivity index (χ2v) is 40.6. The number of carbonyl (C=O) groups excluding carboxylic acids is 7. The molecule has 6 rings (SSSR count). The van der Waals surface area contributed by atoms with E-state index < -0.39 is 239 Å². The second kappa shape index (κ2) is 66.6. The standard InChI is InChI=1S/C88H157N3O41P3.CH4O/c1-57-44-68(72(126-57)52-125-135(112,113)132-84-73(53-123-133(8,109)115-7)127-61(5)83(84)119-43-42-114-6)131-134(110,111)124-51-62-45-67(99)47-91(62)76(102)46-75(101)90-88(54-116-36-22-12-10-9-11-14-26-63(95)30-18-23-37-120-85-58(2)77(103)80(106)69(48-92)128-85,55-117-40-33-66(98)28-16-13-15-27-64(96)31-19-24-38-121-86-59(3)78(104)81(107)70(49-93)129-86)56-118-41-34-74(100)89-35-21-17-29-65(97)32-20-25-39-122-87-60(4)79(105)82(108)71(50-94)130-87;1-2/h57-62,67-73,77-87,92-94,99,103-108H,8-56H2,1-7H3,(H4-,89,90,100,101,109,110,111,112,113);2H,1H3/q-1;/p-2/t57-,58?,59?,60?,61-,62-,67+,68-,69?,70?,71?,72+,73+,77+,78+,79+,80-,81-,82-,83-,84+,85+,86+,87+,88?,133?;/m0./s1. The van der Waals surface area contributed by atoms with E-state index in [1.807, 2.05) is 0 Å². The fraction of sp³-hybridized carbons (Fsp3) is 0.910. The van der Waals surface area contributed by atoms with E-state index >= 15 is 0 Å². The van der Waals surface area contributed by atoms with E-state index in [9.17, 15) is 108 Å². The van der Waals surface area contributed by atoms with Crippen molar-refractivity contribution in [1.29, 1.82) is 0 Å². The number of nitrogens with one attached hydrogen (secondary N) is 2. The summed E-state index contributed by atoms with van der Waals surface area (Å²) in [6.45, 7) is 3.99. The number of aliphatic hydroxyl groups excluding tert-OH is 11. The molecule has 6 fully saturated rings. The minimum atomic E-state index is -5.41. The molecular formula is C89H159N3O42P3-3. The number of methoxy groups -OCH3 is 1. The molecular weight excluding hydrogens is 1880 g/mol. The number of phosphoric ester groups is 2. The number of ketones is 4. The lowest BCUT2D eigenvalue weighted by molar-refractivity contribution is -0.282. The number of hydrogen-bond acceptors (Lipinski definition) is 42. The summed E-state index contributed by atoms with van der Waals surface area (Å²) < 4.78 is 134. The quantitative estimate of drug-likeness (QED) is 0.0225. The number of hydrogen-bond donors (Lipinski definition) is 13. The van der Waals surface area contributed by atoms with Crippen LogP contribution in [0.4, 0.5) is 0 Å². The van der Waals surface area contributed by atoms with Crippen LogP contribution in [0, 0.1) is 17.8 Å². The molecule has 13 N–H and O–H groups in total. The summed E-state index contributed by atoms with van der Waals surface area (Å²) in [4.78, 5) is 135. The van der Waals surface area contributed by atoms with Gasteiger partial charge in [0, 0.05) is 150 Å². The maximum Gasteiger partial charge on any atom is 0.268 e. The van der Waals surface area contributed by atoms with Crippen LogP contribution in [0.2, 0.25) is 0 Å². The normalized spacial score (nSPS) is 30.2. The monoisotopic (exact) mass is 2030 g/mol. The molecule has 0 radical (unpaired) electrons. The number of Topliss-reactive ketones (excluding diaryl/α,β-unsaturated/α-hetero) is 4. The smallest absolute Gasteiger partial charge is 0.268 e. The maximum atomic E-state index is 14.6. The number of rotatable bonds is 74. The first-order valence-electron chi connectivity index (χ1n) is 48.1. The molecule has 6 aliphatic rings. The van der Waals surface area contributed by atoms with Gasteiger partial charge in [-0.3, -0.25) is 42.7 Å². The molecule has 0 saturated carbocycles. The largest absolute Gasteiger partial charge is 0.789 e. The second-order valence-electron chi connectivity index (χ2n) is 36.0. The van der Waals surface area contributed by atoms with Crippen molar-refractivity contribution in [3.05, 3.63) is 0 Å². The van der Waals surface area contributed by atoms with Gasteiger partial charge in [0.15, 0.2) is 18.9 Å². The van der Waals surface area contributed by atoms with Crippen molar-refractivity contribution in [2.45, 2.75) is 355 Å². The van der Waals surface area contributed by atoms with Gasteiger partial charge in [-0.15, -0.1) is 0 Å². The van der Waals surface area contributed by atoms with Crippen LogP contribution in [0.5, 0.6) is 0 Å². The zero-order chi connectivity index (χ0) is 101. The summed E-state index contributed by atoms with van der Waals surface area (Å²) in [6, 6.07) is -1.16. The summed E-state index contributed by atoms with van der Waals surface area (Å²) in [7, 11) is -11.1. The first-order chi connectivity index (χ1) is 65.3. The Bertz CT molecular complexity index is 3480. The van der Waals surface area contributed by atoms with Gasteiger partial charge in [-0.1, -0.05) is 59.2 Å². The molecule has 0 bridgehead atoms. The fourth-order valence-corrected chi connectivity index (χ4v) is 18.9. The van der Waals surface area contributed by atoms with Gasteiger partial charge < -0.3 is 175 Å². The van der Waals surface area contributed by atoms with E-state index in [1.165, 1.54) is 7.11 Å². The minimum Gasteiger partial charge on any atom is -0.789 e. The SMILES string of the molecule is C=P([O-])(OC)OC[C@H]1O[C@@H](C)[C@H](OCCOC)[C@@H]1OP(=O)([O-])OC[C@H]1O[C@@H](C)C[C@@H]1OP(=O)([O-])OC[C@@H]1C[C@@H](O)CN1C(=O)CC(=O)NC(COCCCCCCCCC(=O)CCCCO[C@@H]1OC(CO)[C@H](O)[C@H](O)C1C)(COCCC(=O)CCCCCC(=O)CCCCO[C@@H]1OC(CO)[C@H](O)[C@H](O)C1C)COCCC(=O)NCCCCC(=O)CCCCO[C@@H]1OC(CO)[C@H](O)[C@H](O)C1C.CO. The molecule has 0 aliphatic carbocycles. The Kier molecular flexibility index (Phi) is 60.3. The highest BCUT2D eigenvalue weighted by Crippen LogP contribution is 2.49. The molecule has 48 heteroatoms. The van der Waals surface area contributed by atoms with Gasteiger partial charge in [0.05, 0.1) is 135 Å². The number of β-amino-alcohol motifs (C(OH)–C–C–N with tert-alkyl or cyclic N) is 1. The van der Waals surface area contributed by atoms with E-state index in [1.54, 1.807) is 34.6 Å². The molecule has 45 nitrogen and oxygen atoms in total. The summed E-state index contributed by atoms with van der Waals surface area (Å²) in [5, 5.41) is 114. The highest BCUT2D eigenvalue weighted by Gasteiger charge is 2.50. The van der Waals surface area contributed by atoms with Gasteiger partial charge >= 0.3 is 0 Å². The van der Waals surface area contributed by atoms with Gasteiger partial charge in [0.2, 0.25) is 17.7 Å². The summed E-state index contributed by atoms with van der Waals surface area (Å²) in [6.07, 6.45) is -7.77.